The number of benzene rings is 2. The minimum absolute atomic E-state index is 0.447. The molecule has 0 atom stereocenters. The number of hydrogen-bond donors (Lipinski definition) is 2. The lowest BCUT2D eigenvalue weighted by atomic mass is 9.94. The number of carbonyl (C=O) groups is 1. The molecule has 2 aromatic rings. The molecule has 5 nitrogen and oxygen atoms in total. The highest BCUT2D eigenvalue weighted by atomic mass is 16.5. The highest BCUT2D eigenvalue weighted by molar-refractivity contribution is 5.74. The summed E-state index contributed by atoms with van der Waals surface area (Å²) in [5, 5.41) is 13.7. The van der Waals surface area contributed by atoms with E-state index in [1.807, 2.05) is 48.5 Å². The Kier molecular flexibility index (Phi) is 3.50. The second kappa shape index (κ2) is 5.46. The Morgan fingerprint density at radius 1 is 1.14 bits per heavy atom. The molecular formula is C16H16N2O3. The van der Waals surface area contributed by atoms with Gasteiger partial charge in [-0.1, -0.05) is 36.4 Å². The van der Waals surface area contributed by atoms with E-state index < -0.39 is 12.1 Å². The number of para-hydroxylation sites is 2. The van der Waals surface area contributed by atoms with Crippen molar-refractivity contribution in [1.82, 2.24) is 10.4 Å². The molecular weight excluding hydrogens is 268 g/mol. The number of nitrogens with one attached hydrogen (secondary N) is 1. The third-order valence-corrected chi connectivity index (χ3v) is 3.43. The first-order chi connectivity index (χ1) is 10.2. The fourth-order valence-electron chi connectivity index (χ4n) is 2.50. The lowest BCUT2D eigenvalue weighted by molar-refractivity contribution is -0.0698. The second-order valence-electron chi connectivity index (χ2n) is 4.76. The van der Waals surface area contributed by atoms with Gasteiger partial charge in [0.1, 0.15) is 17.5 Å². The van der Waals surface area contributed by atoms with Crippen LogP contribution in [0.5, 0.6) is 11.5 Å². The highest BCUT2D eigenvalue weighted by Gasteiger charge is 2.33. The van der Waals surface area contributed by atoms with Crippen molar-refractivity contribution >= 4 is 6.03 Å². The summed E-state index contributed by atoms with van der Waals surface area (Å²) in [6.45, 7) is 2.25. The van der Waals surface area contributed by atoms with Crippen molar-refractivity contribution in [1.29, 1.82) is 0 Å². The Balaban J connectivity index is 2.08. The van der Waals surface area contributed by atoms with E-state index in [1.165, 1.54) is 0 Å². The van der Waals surface area contributed by atoms with Crippen LogP contribution in [0.4, 0.5) is 4.79 Å². The lowest BCUT2D eigenvalue weighted by Gasteiger charge is -2.32. The standard InChI is InChI=1S/C16H16N2O3/c1-2-17-16(19)18(20)15-11-7-3-5-9-13(11)21-14-10-6-4-8-12(14)15/h3-10,15,20H,2H2,1H3,(H,17,19). The minimum Gasteiger partial charge on any atom is -0.457 e. The zero-order valence-electron chi connectivity index (χ0n) is 11.6. The summed E-state index contributed by atoms with van der Waals surface area (Å²) >= 11 is 0. The average Bonchev–Trinajstić information content (AvgIpc) is 2.52. The van der Waals surface area contributed by atoms with Gasteiger partial charge in [0.25, 0.3) is 0 Å². The number of hydrogen-bond acceptors (Lipinski definition) is 3. The SMILES string of the molecule is CCNC(=O)N(O)C1c2ccccc2Oc2ccccc21. The molecule has 108 valence electrons. The van der Waals surface area contributed by atoms with Gasteiger partial charge in [-0.15, -0.1) is 0 Å². The third-order valence-electron chi connectivity index (χ3n) is 3.43. The van der Waals surface area contributed by atoms with Crippen molar-refractivity contribution in [3.8, 4) is 11.5 Å². The Labute approximate surface area is 122 Å². The molecule has 0 saturated carbocycles. The van der Waals surface area contributed by atoms with Gasteiger partial charge >= 0.3 is 6.03 Å². The van der Waals surface area contributed by atoms with E-state index in [0.717, 1.165) is 16.2 Å². The first-order valence-electron chi connectivity index (χ1n) is 6.84. The van der Waals surface area contributed by atoms with Crippen molar-refractivity contribution in [2.45, 2.75) is 13.0 Å². The van der Waals surface area contributed by atoms with Crippen molar-refractivity contribution in [3.05, 3.63) is 59.7 Å². The highest BCUT2D eigenvalue weighted by Crippen LogP contribution is 2.44. The molecule has 1 heterocycles. The van der Waals surface area contributed by atoms with E-state index >= 15 is 0 Å². The summed E-state index contributed by atoms with van der Waals surface area (Å²) in [7, 11) is 0. The van der Waals surface area contributed by atoms with E-state index in [9.17, 15) is 10.0 Å². The molecule has 0 aliphatic carbocycles. The van der Waals surface area contributed by atoms with Crippen LogP contribution in [0, 0.1) is 0 Å². The fraction of sp³-hybridized carbons (Fsp3) is 0.188. The number of ether oxygens (including phenoxy) is 1. The monoisotopic (exact) mass is 284 g/mol. The Morgan fingerprint density at radius 3 is 2.19 bits per heavy atom. The van der Waals surface area contributed by atoms with Crippen LogP contribution >= 0.6 is 0 Å². The Hall–Kier alpha value is -2.53. The average molecular weight is 284 g/mol. The molecule has 2 amide bonds. The molecule has 0 unspecified atom stereocenters. The zero-order chi connectivity index (χ0) is 14.8. The predicted molar refractivity (Wildman–Crippen MR) is 77.5 cm³/mol. The van der Waals surface area contributed by atoms with Crippen molar-refractivity contribution in [3.63, 3.8) is 0 Å². The minimum atomic E-state index is -0.585. The number of nitrogens with zero attached hydrogens (tertiary/aromatic N) is 1. The van der Waals surface area contributed by atoms with Gasteiger partial charge in [0.15, 0.2) is 0 Å². The lowest BCUT2D eigenvalue weighted by Crippen LogP contribution is -2.41. The van der Waals surface area contributed by atoms with Crippen LogP contribution in [0.2, 0.25) is 0 Å². The van der Waals surface area contributed by atoms with E-state index in [0.29, 0.717) is 18.0 Å². The molecule has 0 radical (unpaired) electrons. The van der Waals surface area contributed by atoms with Gasteiger partial charge in [0.05, 0.1) is 0 Å². The van der Waals surface area contributed by atoms with Crippen molar-refractivity contribution in [2.24, 2.45) is 0 Å². The molecule has 1 aliphatic rings. The van der Waals surface area contributed by atoms with Gasteiger partial charge < -0.3 is 10.1 Å². The van der Waals surface area contributed by atoms with Gasteiger partial charge in [0.2, 0.25) is 0 Å². The smallest absolute Gasteiger partial charge is 0.342 e. The van der Waals surface area contributed by atoms with Crippen LogP contribution in [0.15, 0.2) is 48.5 Å². The summed E-state index contributed by atoms with van der Waals surface area (Å²) in [6, 6.07) is 13.6. The van der Waals surface area contributed by atoms with Gasteiger partial charge in [-0.3, -0.25) is 5.21 Å². The molecule has 0 aromatic heterocycles. The number of fused-ring (bicyclic) bond motifs is 2. The normalized spacial score (nSPS) is 12.9. The molecule has 0 fully saturated rings. The first kappa shape index (κ1) is 13.5. The first-order valence-corrected chi connectivity index (χ1v) is 6.84. The maximum Gasteiger partial charge on any atom is 0.342 e. The summed E-state index contributed by atoms with van der Waals surface area (Å²) in [4.78, 5) is 12.0. The van der Waals surface area contributed by atoms with Crippen LogP contribution < -0.4 is 10.1 Å². The van der Waals surface area contributed by atoms with E-state index in [1.54, 1.807) is 6.92 Å². The van der Waals surface area contributed by atoms with Gasteiger partial charge in [-0.2, -0.15) is 5.06 Å². The van der Waals surface area contributed by atoms with Crippen LogP contribution in [0.3, 0.4) is 0 Å². The van der Waals surface area contributed by atoms with E-state index in [2.05, 4.69) is 5.32 Å². The number of urea groups is 1. The topological polar surface area (TPSA) is 61.8 Å². The van der Waals surface area contributed by atoms with Crippen LogP contribution in [0.1, 0.15) is 24.1 Å². The number of rotatable bonds is 2. The number of amides is 2. The van der Waals surface area contributed by atoms with Gasteiger partial charge in [-0.25, -0.2) is 4.79 Å². The molecule has 2 aromatic carbocycles. The third kappa shape index (κ3) is 2.32. The van der Waals surface area contributed by atoms with Gasteiger partial charge in [0, 0.05) is 17.7 Å². The molecule has 0 spiro atoms. The van der Waals surface area contributed by atoms with E-state index in [4.69, 9.17) is 4.74 Å². The van der Waals surface area contributed by atoms with Gasteiger partial charge in [-0.05, 0) is 19.1 Å². The maximum atomic E-state index is 12.0. The fourth-order valence-corrected chi connectivity index (χ4v) is 2.50. The Morgan fingerprint density at radius 2 is 1.67 bits per heavy atom. The Bertz CT molecular complexity index is 627. The van der Waals surface area contributed by atoms with Crippen molar-refractivity contribution in [2.75, 3.05) is 6.54 Å². The van der Waals surface area contributed by atoms with Crippen LogP contribution in [-0.2, 0) is 0 Å². The molecule has 2 N–H and O–H groups in total. The largest absolute Gasteiger partial charge is 0.457 e. The number of carbonyl (C=O) groups excluding carboxylic acids is 1. The quantitative estimate of drug-likeness (QED) is 0.657. The summed E-state index contributed by atoms with van der Waals surface area (Å²) in [6.07, 6.45) is 0. The van der Waals surface area contributed by atoms with Crippen LogP contribution in [-0.4, -0.2) is 22.8 Å². The van der Waals surface area contributed by atoms with Crippen LogP contribution in [0.25, 0.3) is 0 Å². The number of hydroxylamine groups is 2. The summed E-state index contributed by atoms with van der Waals surface area (Å²) in [5.41, 5.74) is 1.51. The molecule has 5 heteroatoms. The second-order valence-corrected chi connectivity index (χ2v) is 4.76. The predicted octanol–water partition coefficient (Wildman–Crippen LogP) is 3.30. The molecule has 21 heavy (non-hydrogen) atoms. The summed E-state index contributed by atoms with van der Waals surface area (Å²) in [5.74, 6) is 1.29. The molecule has 0 bridgehead atoms. The molecule has 3 rings (SSSR count). The summed E-state index contributed by atoms with van der Waals surface area (Å²) < 4.78 is 5.83. The molecule has 1 aliphatic heterocycles. The zero-order valence-corrected chi connectivity index (χ0v) is 11.6. The van der Waals surface area contributed by atoms with Crippen molar-refractivity contribution < 1.29 is 14.7 Å². The maximum absolute atomic E-state index is 12.0. The molecule has 0 saturated heterocycles. The van der Waals surface area contributed by atoms with E-state index in [-0.39, 0.29) is 0 Å².